The smallest absolute Gasteiger partial charge is 0.245 e. The quantitative estimate of drug-likeness (QED) is 0.250. The highest BCUT2D eigenvalue weighted by Gasteiger charge is 2.55. The Morgan fingerprint density at radius 2 is 1.95 bits per heavy atom. The van der Waals surface area contributed by atoms with Gasteiger partial charge in [-0.2, -0.15) is 0 Å². The molecule has 2 fully saturated rings. The van der Waals surface area contributed by atoms with E-state index in [1.54, 1.807) is 27.7 Å². The van der Waals surface area contributed by atoms with Crippen molar-refractivity contribution in [2.75, 3.05) is 32.2 Å². The third-order valence-corrected chi connectivity index (χ3v) is 8.53. The van der Waals surface area contributed by atoms with Crippen LogP contribution in [0.2, 0.25) is 0 Å². The number of pyridine rings is 1. The summed E-state index contributed by atoms with van der Waals surface area (Å²) in [6, 6.07) is 10.9. The number of carbonyl (C=O) groups is 1. The predicted octanol–water partition coefficient (Wildman–Crippen LogP) is 3.43. The van der Waals surface area contributed by atoms with Crippen LogP contribution in [0.1, 0.15) is 11.4 Å². The van der Waals surface area contributed by atoms with Gasteiger partial charge in [-0.05, 0) is 54.5 Å². The second-order valence-corrected chi connectivity index (χ2v) is 12.9. The first-order valence-electron chi connectivity index (χ1n) is 13.6. The zero-order valence-electron chi connectivity index (χ0n) is 23.9. The largest absolute Gasteiger partial charge is 0.493 e. The standard InChI is InChI=1S/C31H30N6O5S/c1-5-27(38)36-14-21-20(22(21)15-36)10-11-23-28(29-30(32)33-16-34-31(29)37(23)17-43(4,39)40)19-9-12-24(25(13-19)41-3)42-26-8-6-7-18(2)35-26/h5-9,12-13,16,20-22H,1,14-15,17H2,2-4H3,(H2,32,33,34)/t20-,21-,22+. The van der Waals surface area contributed by atoms with Crippen LogP contribution < -0.4 is 15.2 Å². The summed E-state index contributed by atoms with van der Waals surface area (Å²) in [6.45, 7) is 6.70. The van der Waals surface area contributed by atoms with E-state index in [1.165, 1.54) is 19.5 Å². The van der Waals surface area contributed by atoms with Gasteiger partial charge in [0.15, 0.2) is 21.3 Å². The molecule has 0 unspecified atom stereocenters. The van der Waals surface area contributed by atoms with Gasteiger partial charge in [-0.3, -0.25) is 4.79 Å². The molecule has 11 nitrogen and oxygen atoms in total. The number of ether oxygens (including phenoxy) is 2. The minimum atomic E-state index is -3.50. The molecule has 2 aliphatic rings. The van der Waals surface area contributed by atoms with Gasteiger partial charge >= 0.3 is 0 Å². The van der Waals surface area contributed by atoms with Gasteiger partial charge in [0.25, 0.3) is 0 Å². The summed E-state index contributed by atoms with van der Waals surface area (Å²) in [5.74, 6) is 8.34. The second kappa shape index (κ2) is 10.7. The van der Waals surface area contributed by atoms with Crippen LogP contribution in [0.25, 0.3) is 22.2 Å². The van der Waals surface area contributed by atoms with E-state index in [0.717, 1.165) is 11.9 Å². The number of nitrogens with zero attached hydrogens (tertiary/aromatic N) is 5. The van der Waals surface area contributed by atoms with Crippen LogP contribution in [0.5, 0.6) is 17.4 Å². The molecule has 43 heavy (non-hydrogen) atoms. The maximum atomic E-state index is 12.6. The minimum absolute atomic E-state index is 0.0805. The Bertz CT molecular complexity index is 1950. The fourth-order valence-electron chi connectivity index (χ4n) is 5.76. The van der Waals surface area contributed by atoms with Crippen molar-refractivity contribution in [1.29, 1.82) is 0 Å². The Hall–Kier alpha value is -4.89. The van der Waals surface area contributed by atoms with Gasteiger partial charge in [0.1, 0.15) is 29.4 Å². The van der Waals surface area contributed by atoms with Crippen molar-refractivity contribution in [3.8, 4) is 40.3 Å². The summed E-state index contributed by atoms with van der Waals surface area (Å²) in [5.41, 5.74) is 9.27. The zero-order valence-corrected chi connectivity index (χ0v) is 24.8. The first kappa shape index (κ1) is 28.2. The number of benzene rings is 1. The van der Waals surface area contributed by atoms with E-state index in [-0.39, 0.29) is 35.4 Å². The monoisotopic (exact) mass is 598 g/mol. The number of nitrogens with two attached hydrogens (primary N) is 1. The molecule has 1 amide bonds. The summed E-state index contributed by atoms with van der Waals surface area (Å²) in [4.78, 5) is 26.8. The Labute approximate surface area is 249 Å². The van der Waals surface area contributed by atoms with Crippen LogP contribution in [-0.2, 0) is 20.5 Å². The van der Waals surface area contributed by atoms with Crippen LogP contribution in [0.3, 0.4) is 0 Å². The maximum Gasteiger partial charge on any atom is 0.245 e. The van der Waals surface area contributed by atoms with E-state index in [4.69, 9.17) is 15.2 Å². The third-order valence-electron chi connectivity index (χ3n) is 7.80. The number of rotatable bonds is 7. The fraction of sp³-hybridized carbons (Fsp3) is 0.290. The number of methoxy groups -OCH3 is 1. The van der Waals surface area contributed by atoms with Gasteiger partial charge in [0.05, 0.1) is 12.5 Å². The van der Waals surface area contributed by atoms with Crippen molar-refractivity contribution in [3.63, 3.8) is 0 Å². The molecule has 4 aromatic rings. The lowest BCUT2D eigenvalue weighted by Crippen LogP contribution is -2.29. The highest BCUT2D eigenvalue weighted by atomic mass is 32.2. The summed E-state index contributed by atoms with van der Waals surface area (Å²) >= 11 is 0. The Morgan fingerprint density at radius 1 is 1.19 bits per heavy atom. The van der Waals surface area contributed by atoms with E-state index in [9.17, 15) is 13.2 Å². The lowest BCUT2D eigenvalue weighted by Gasteiger charge is -2.16. The topological polar surface area (TPSA) is 143 Å². The molecule has 4 heterocycles. The van der Waals surface area contributed by atoms with Crippen LogP contribution in [0.4, 0.5) is 5.82 Å². The summed E-state index contributed by atoms with van der Waals surface area (Å²) in [6.07, 6.45) is 3.79. The average Bonchev–Trinajstić information content (AvgIpc) is 3.27. The van der Waals surface area contributed by atoms with Crippen LogP contribution in [-0.4, -0.2) is 65.2 Å². The van der Waals surface area contributed by atoms with E-state index < -0.39 is 9.84 Å². The van der Waals surface area contributed by atoms with Gasteiger partial charge < -0.3 is 24.7 Å². The van der Waals surface area contributed by atoms with Crippen molar-refractivity contribution in [2.45, 2.75) is 12.8 Å². The Balaban J connectivity index is 1.46. The lowest BCUT2D eigenvalue weighted by atomic mass is 10.0. The van der Waals surface area contributed by atoms with Gasteiger partial charge in [0, 0.05) is 42.6 Å². The van der Waals surface area contributed by atoms with Crippen LogP contribution >= 0.6 is 0 Å². The van der Waals surface area contributed by atoms with E-state index >= 15 is 0 Å². The Kier molecular flexibility index (Phi) is 7.06. The molecule has 1 aromatic carbocycles. The fourth-order valence-corrected chi connectivity index (χ4v) is 6.48. The third kappa shape index (κ3) is 5.39. The molecule has 220 valence electrons. The SMILES string of the molecule is C=CC(=O)N1C[C@@H]2[C@@H](C#Cc3c(-c4ccc(Oc5cccc(C)n5)c(OC)c4)c4c(N)ncnc4n3CS(C)(=O)=O)[C@@H]2C1. The number of carbonyl (C=O) groups excluding carboxylic acids is 1. The Morgan fingerprint density at radius 3 is 2.63 bits per heavy atom. The number of aromatic nitrogens is 4. The predicted molar refractivity (Wildman–Crippen MR) is 162 cm³/mol. The molecule has 1 aliphatic carbocycles. The molecule has 0 spiro atoms. The zero-order chi connectivity index (χ0) is 30.5. The molecule has 12 heteroatoms. The number of fused-ring (bicyclic) bond motifs is 2. The van der Waals surface area contributed by atoms with E-state index in [1.807, 2.05) is 25.1 Å². The molecule has 0 bridgehead atoms. The van der Waals surface area contributed by atoms with Gasteiger partial charge in [-0.1, -0.05) is 24.6 Å². The molecule has 1 saturated heterocycles. The van der Waals surface area contributed by atoms with E-state index in [0.29, 0.717) is 58.3 Å². The van der Waals surface area contributed by atoms with Gasteiger partial charge in [-0.15, -0.1) is 0 Å². The summed E-state index contributed by atoms with van der Waals surface area (Å²) in [5, 5.41) is 0.491. The minimum Gasteiger partial charge on any atom is -0.493 e. The van der Waals surface area contributed by atoms with Gasteiger partial charge in [-0.25, -0.2) is 23.4 Å². The first-order valence-corrected chi connectivity index (χ1v) is 15.7. The second-order valence-electron chi connectivity index (χ2n) is 10.8. The van der Waals surface area contributed by atoms with Crippen molar-refractivity contribution >= 4 is 32.6 Å². The number of sulfone groups is 1. The van der Waals surface area contributed by atoms with Crippen molar-refractivity contribution < 1.29 is 22.7 Å². The van der Waals surface area contributed by atoms with Crippen LogP contribution in [0.15, 0.2) is 55.4 Å². The number of amides is 1. The molecule has 0 radical (unpaired) electrons. The molecule has 1 saturated carbocycles. The first-order chi connectivity index (χ1) is 20.6. The highest BCUT2D eigenvalue weighted by molar-refractivity contribution is 7.89. The number of anilines is 1. The number of hydrogen-bond acceptors (Lipinski definition) is 9. The molecular formula is C31H30N6O5S. The maximum absolute atomic E-state index is 12.6. The molecule has 2 N–H and O–H groups in total. The number of likely N-dealkylation sites (tertiary alicyclic amines) is 1. The molecule has 6 rings (SSSR count). The van der Waals surface area contributed by atoms with Crippen molar-refractivity contribution in [3.05, 3.63) is 66.8 Å². The average molecular weight is 599 g/mol. The number of aryl methyl sites for hydroxylation is 1. The summed E-state index contributed by atoms with van der Waals surface area (Å²) in [7, 11) is -1.96. The van der Waals surface area contributed by atoms with Crippen LogP contribution in [0, 0.1) is 36.5 Å². The summed E-state index contributed by atoms with van der Waals surface area (Å²) < 4.78 is 38.4. The van der Waals surface area contributed by atoms with Crippen molar-refractivity contribution in [2.24, 2.45) is 17.8 Å². The molecular weight excluding hydrogens is 568 g/mol. The van der Waals surface area contributed by atoms with E-state index in [2.05, 4.69) is 33.4 Å². The lowest BCUT2D eigenvalue weighted by molar-refractivity contribution is -0.125. The normalized spacial score (nSPS) is 19.0. The highest BCUT2D eigenvalue weighted by Crippen LogP contribution is 2.51. The molecule has 3 atom stereocenters. The number of nitrogen functional groups attached to an aromatic ring is 1. The molecule has 1 aliphatic heterocycles. The number of piperidine rings is 1. The van der Waals surface area contributed by atoms with Crippen molar-refractivity contribution in [1.82, 2.24) is 24.4 Å². The molecule has 3 aromatic heterocycles. The van der Waals surface area contributed by atoms with Gasteiger partial charge in [0.2, 0.25) is 11.8 Å². The number of hydrogen-bond donors (Lipinski definition) is 1.